The number of pyridine rings is 1. The Kier molecular flexibility index (Phi) is 20.7. The number of para-hydroxylation sites is 1. The van der Waals surface area contributed by atoms with Crippen molar-refractivity contribution in [3.63, 3.8) is 0 Å². The second kappa shape index (κ2) is 29.7. The molecule has 3 fully saturated rings. The van der Waals surface area contributed by atoms with Crippen molar-refractivity contribution in [3.8, 4) is 178 Å². The number of terminal acetylenes is 2. The number of nitrogens with one attached hydrogen (secondary N) is 1. The van der Waals surface area contributed by atoms with E-state index in [9.17, 15) is 10.0 Å². The number of tetrazole rings is 1. The van der Waals surface area contributed by atoms with Gasteiger partial charge in [-0.1, -0.05) is 11.3 Å². The molecule has 2 saturated heterocycles. The maximum Gasteiger partial charge on any atom is 0.274 e. The van der Waals surface area contributed by atoms with Gasteiger partial charge in [-0.25, -0.2) is 14.6 Å². The first-order valence-electron chi connectivity index (χ1n) is 21.5. The molecule has 1 aromatic carbocycles. The first-order chi connectivity index (χ1) is 37.4. The Bertz CT molecular complexity index is 3760. The lowest BCUT2D eigenvalue weighted by atomic mass is 10.1. The van der Waals surface area contributed by atoms with Crippen molar-refractivity contribution in [1.82, 2.24) is 34.7 Å². The number of aromatic nitrogens is 7. The molecule has 24 heteroatoms. The standard InChI is InChI=1S/C26H25N9O3.C26H2.H3N9O3.11H2/c36-26(29-19-3-1-2-18-24(19)37-7-6-35-25(18)30-31-32-35)20-9-22(33-12-21(28-14-33)15-4-5-15)23(10-27-20)34-11-17-8-16(34)13-38-17;1-3-5-7-9-11-13-15-17-19-21-23-25-26-24-22-20-18-16-14-12-10-8-6-4-2;1-2-3-4-5-6-7-8-9(10)12-11;;;;;;;;;;;/h1-3,9-10,12,14-17H,4-8,11,13H2,(H,29,36);1-2H;11H,(H2,1,3,5,7);11*1H/t16-,17-;;;;;;;;;;;;;/m0............./s1. The molecule has 24 nitrogen and oxygen atoms in total. The number of carbonyl (C=O) groups is 1. The first-order valence-corrected chi connectivity index (χ1v) is 21.5. The van der Waals surface area contributed by atoms with E-state index in [-0.39, 0.29) is 27.7 Å². The van der Waals surface area contributed by atoms with E-state index in [0.717, 1.165) is 35.6 Å². The van der Waals surface area contributed by atoms with Crippen LogP contribution < -0.4 is 20.8 Å². The van der Waals surface area contributed by atoms with Crippen LogP contribution >= 0.6 is 0 Å². The summed E-state index contributed by atoms with van der Waals surface area (Å²) in [5.41, 5.74) is 4.55. The molecule has 1 saturated carbocycles. The number of ether oxygens (including phenoxy) is 2. The van der Waals surface area contributed by atoms with E-state index in [4.69, 9.17) is 27.6 Å². The highest BCUT2D eigenvalue weighted by molar-refractivity contribution is 6.05. The number of nitrogens with zero attached hydrogens (tertiary/aromatic N) is 16. The van der Waals surface area contributed by atoms with Crippen molar-refractivity contribution in [3.05, 3.63) is 59.6 Å². The van der Waals surface area contributed by atoms with Crippen LogP contribution in [0.2, 0.25) is 0 Å². The van der Waals surface area contributed by atoms with Gasteiger partial charge in [-0.3, -0.25) is 10.1 Å². The molecule has 0 spiro atoms. The molecular weight excluding hydrogens is 973 g/mol. The highest BCUT2D eigenvalue weighted by atomic mass is 17.2. The summed E-state index contributed by atoms with van der Waals surface area (Å²) in [5, 5.41) is 50.9. The Labute approximate surface area is 450 Å². The minimum Gasteiger partial charge on any atom is -0.489 e. The van der Waals surface area contributed by atoms with Crippen LogP contribution in [0.1, 0.15) is 57.1 Å². The van der Waals surface area contributed by atoms with E-state index in [0.29, 0.717) is 54.7 Å². The first kappa shape index (κ1) is 53.1. The van der Waals surface area contributed by atoms with E-state index in [1.807, 2.05) is 35.2 Å². The van der Waals surface area contributed by atoms with Crippen LogP contribution in [0.3, 0.4) is 0 Å². The fourth-order valence-corrected chi connectivity index (χ4v) is 6.52. The maximum absolute atomic E-state index is 13.5. The number of hydrogen-bond acceptors (Lipinski definition) is 13. The van der Waals surface area contributed by atoms with Crippen LogP contribution in [0, 0.1) is 160 Å². The molecule has 1 amide bonds. The van der Waals surface area contributed by atoms with Gasteiger partial charge in [0.15, 0.2) is 11.6 Å². The predicted octanol–water partition coefficient (Wildman–Crippen LogP) is 5.75. The summed E-state index contributed by atoms with van der Waals surface area (Å²) in [6.45, 7) is 2.45. The topological polar surface area (TPSA) is 293 Å². The number of rotatable bonds is 9. The minimum absolute atomic E-state index is 0. The molecule has 4 aromatic rings. The van der Waals surface area contributed by atoms with Crippen LogP contribution in [0.4, 0.5) is 11.4 Å². The third-order valence-electron chi connectivity index (χ3n) is 9.62. The van der Waals surface area contributed by atoms with Gasteiger partial charge in [-0.15, -0.1) is 17.9 Å². The van der Waals surface area contributed by atoms with E-state index in [1.165, 1.54) is 12.8 Å². The molecule has 0 unspecified atom stereocenters. The predicted molar refractivity (Wildman–Crippen MR) is 291 cm³/mol. The smallest absolute Gasteiger partial charge is 0.274 e. The number of imidazole rings is 1. The Balaban J connectivity index is -0.000000299. The monoisotopic (exact) mass is 1020 g/mol. The number of hydrogen-bond donors (Lipinski definition) is 3. The highest BCUT2D eigenvalue weighted by Crippen LogP contribution is 2.41. The Morgan fingerprint density at radius 2 is 1.45 bits per heavy atom. The van der Waals surface area contributed by atoms with Crippen molar-refractivity contribution >= 4 is 17.3 Å². The number of benzene rings is 1. The van der Waals surface area contributed by atoms with Crippen LogP contribution in [0.25, 0.3) is 17.1 Å². The molecule has 386 valence electrons. The number of carbonyl (C=O) groups excluding carboxylic acids is 1. The zero-order valence-corrected chi connectivity index (χ0v) is 39.1. The van der Waals surface area contributed by atoms with Gasteiger partial charge in [0, 0.05) is 92.2 Å². The summed E-state index contributed by atoms with van der Waals surface area (Å²) in [5.74, 6) is 64.1. The molecule has 0 radical (unpaired) electrons. The molecule has 3 aliphatic heterocycles. The average Bonchev–Trinajstić information content (AvgIpc) is 3.78. The lowest BCUT2D eigenvalue weighted by Gasteiger charge is -2.30. The van der Waals surface area contributed by atoms with Gasteiger partial charge < -0.3 is 40.3 Å². The molecule has 4 N–H and O–H groups in total. The molecule has 1 aliphatic carbocycles. The highest BCUT2D eigenvalue weighted by Gasteiger charge is 2.40. The molecular formula is C52H52N18O6. The van der Waals surface area contributed by atoms with Crippen LogP contribution in [-0.4, -0.2) is 82.8 Å². The van der Waals surface area contributed by atoms with Gasteiger partial charge in [-0.2, -0.15) is 0 Å². The van der Waals surface area contributed by atoms with E-state index in [2.05, 4.69) is 231 Å². The largest absolute Gasteiger partial charge is 0.489 e. The summed E-state index contributed by atoms with van der Waals surface area (Å²) >= 11 is 0. The zero-order chi connectivity index (χ0) is 53.4. The number of morpholine rings is 1. The maximum atomic E-state index is 13.5. The molecule has 4 aliphatic rings. The van der Waals surface area contributed by atoms with Crippen LogP contribution in [0.15, 0.2) is 79.5 Å². The van der Waals surface area contributed by atoms with Crippen molar-refractivity contribution in [2.24, 2.45) is 42.4 Å². The van der Waals surface area contributed by atoms with Crippen molar-refractivity contribution in [1.29, 1.82) is 0 Å². The number of nitrogens with two attached hydrogens (primary N) is 1. The number of anilines is 2. The Morgan fingerprint density at radius 3 is 2.00 bits per heavy atom. The molecule has 76 heavy (non-hydrogen) atoms. The van der Waals surface area contributed by atoms with Crippen molar-refractivity contribution in [2.45, 2.75) is 43.9 Å². The fraction of sp³-hybridized carbons (Fsp3) is 0.192. The fourth-order valence-electron chi connectivity index (χ4n) is 6.52. The second-order valence-corrected chi connectivity index (χ2v) is 14.3. The van der Waals surface area contributed by atoms with Crippen molar-refractivity contribution < 1.29 is 45.2 Å². The summed E-state index contributed by atoms with van der Waals surface area (Å²) in [4.78, 5) is 28.1. The summed E-state index contributed by atoms with van der Waals surface area (Å²) in [7, 11) is 0. The van der Waals surface area contributed by atoms with Gasteiger partial charge in [0.05, 0.1) is 71.2 Å². The molecule has 8 rings (SSSR count). The average molecular weight is 1030 g/mol. The number of fused-ring (bicyclic) bond motifs is 5. The van der Waals surface area contributed by atoms with Gasteiger partial charge in [0.25, 0.3) is 5.91 Å². The second-order valence-electron chi connectivity index (χ2n) is 14.3. The van der Waals surface area contributed by atoms with Gasteiger partial charge in [-0.05, 0) is 148 Å². The molecule has 2 atom stereocenters. The lowest BCUT2D eigenvalue weighted by Crippen LogP contribution is -2.37. The molecule has 6 heterocycles. The van der Waals surface area contributed by atoms with E-state index in [1.54, 1.807) is 10.9 Å². The Hall–Kier alpha value is -12.3. The number of amides is 1. The quantitative estimate of drug-likeness (QED) is 0.0593. The van der Waals surface area contributed by atoms with Gasteiger partial charge >= 0.3 is 0 Å². The normalized spacial score (nSPS) is 14.2. The van der Waals surface area contributed by atoms with Gasteiger partial charge in [0.2, 0.25) is 10.4 Å². The molecule has 2 bridgehead atoms. The minimum atomic E-state index is -0.622. The third kappa shape index (κ3) is 16.7. The lowest BCUT2D eigenvalue weighted by molar-refractivity contribution is -0.873. The summed E-state index contributed by atoms with van der Waals surface area (Å²) < 4.78 is 15.5. The van der Waals surface area contributed by atoms with Crippen LogP contribution in [0.5, 0.6) is 5.75 Å². The summed E-state index contributed by atoms with van der Waals surface area (Å²) in [6, 6.07) is 7.70. The van der Waals surface area contributed by atoms with E-state index < -0.39 is 5.02 Å². The van der Waals surface area contributed by atoms with Crippen molar-refractivity contribution in [2.75, 3.05) is 30.0 Å². The Morgan fingerprint density at radius 1 is 0.842 bits per heavy atom. The van der Waals surface area contributed by atoms with E-state index >= 15 is 0 Å². The summed E-state index contributed by atoms with van der Waals surface area (Å²) in [6.07, 6.45) is 19.2. The molecule has 3 aromatic heterocycles. The van der Waals surface area contributed by atoms with Gasteiger partial charge in [0.1, 0.15) is 17.5 Å². The van der Waals surface area contributed by atoms with Crippen LogP contribution in [-0.2, 0) is 16.3 Å². The zero-order valence-electron chi connectivity index (χ0n) is 39.1. The SMILES string of the molecule is C#CC#CC#CC#CC#CC#CC#CC#CC#CC#CC#CC#CC#C.NN=NN=NN=NN=[N+]([O-])OO.O=C(Nc1cccc2c1OCCn1nnnc1-2)c1cc(-n2cnc(C3CC3)c2)c(N2C[C@@H]3C[C@H]2CO3)cn1.[HH].[HH].[HH].[HH].[HH].[HH].[HH].[HH].[HH].[HH].[HH]. The third-order valence-corrected chi connectivity index (χ3v) is 9.62.